The Labute approximate surface area is 159 Å². The predicted molar refractivity (Wildman–Crippen MR) is 104 cm³/mol. The van der Waals surface area contributed by atoms with Crippen LogP contribution in [0.15, 0.2) is 22.6 Å². The quantitative estimate of drug-likeness (QED) is 0.868. The van der Waals surface area contributed by atoms with Crippen molar-refractivity contribution in [3.8, 4) is 0 Å². The van der Waals surface area contributed by atoms with Gasteiger partial charge in [0.15, 0.2) is 5.76 Å². The van der Waals surface area contributed by atoms with Crippen LogP contribution in [0.4, 0.5) is 0 Å². The lowest BCUT2D eigenvalue weighted by molar-refractivity contribution is -0.125. The van der Waals surface area contributed by atoms with E-state index in [0.717, 1.165) is 16.5 Å². The fourth-order valence-corrected chi connectivity index (χ4v) is 3.49. The number of aliphatic hydroxyl groups is 1. The number of hydrogen-bond acceptors (Lipinski definition) is 4. The van der Waals surface area contributed by atoms with E-state index in [4.69, 9.17) is 4.42 Å². The van der Waals surface area contributed by atoms with Crippen LogP contribution in [0.2, 0.25) is 0 Å². The zero-order chi connectivity index (χ0) is 19.7. The molecule has 146 valence electrons. The summed E-state index contributed by atoms with van der Waals surface area (Å²) < 4.78 is 5.86. The molecule has 2 aromatic rings. The van der Waals surface area contributed by atoms with Crippen molar-refractivity contribution in [3.05, 3.63) is 35.1 Å². The zero-order valence-electron chi connectivity index (χ0n) is 16.4. The Hall–Kier alpha value is -2.34. The number of hydrogen-bond donors (Lipinski definition) is 2. The molecule has 2 atom stereocenters. The number of nitrogens with one attached hydrogen (secondary N) is 1. The molecule has 1 aliphatic rings. The predicted octanol–water partition coefficient (Wildman–Crippen LogP) is 2.79. The van der Waals surface area contributed by atoms with Crippen molar-refractivity contribution < 1.29 is 19.1 Å². The van der Waals surface area contributed by atoms with E-state index >= 15 is 0 Å². The molecule has 1 aliphatic heterocycles. The Kier molecular flexibility index (Phi) is 5.56. The van der Waals surface area contributed by atoms with Crippen LogP contribution in [0.1, 0.15) is 48.4 Å². The van der Waals surface area contributed by atoms with Gasteiger partial charge in [0.2, 0.25) is 5.91 Å². The van der Waals surface area contributed by atoms with Crippen LogP contribution >= 0.6 is 0 Å². The number of carbonyl (C=O) groups excluding carboxylic acids is 2. The maximum absolute atomic E-state index is 13.0. The molecule has 27 heavy (non-hydrogen) atoms. The molecule has 2 N–H and O–H groups in total. The molecule has 0 unspecified atom stereocenters. The van der Waals surface area contributed by atoms with Crippen LogP contribution < -0.4 is 5.32 Å². The lowest BCUT2D eigenvalue weighted by Crippen LogP contribution is -2.44. The maximum atomic E-state index is 13.0. The summed E-state index contributed by atoms with van der Waals surface area (Å²) in [7, 11) is 0. The molecular formula is C21H28N2O4. The van der Waals surface area contributed by atoms with Gasteiger partial charge in [-0.15, -0.1) is 0 Å². The molecular weight excluding hydrogens is 344 g/mol. The number of aryl methyl sites for hydroxylation is 2. The first-order valence-corrected chi connectivity index (χ1v) is 9.55. The van der Waals surface area contributed by atoms with Crippen molar-refractivity contribution in [2.24, 2.45) is 5.92 Å². The first-order chi connectivity index (χ1) is 12.8. The second-order valence-electron chi connectivity index (χ2n) is 7.76. The monoisotopic (exact) mass is 372 g/mol. The summed E-state index contributed by atoms with van der Waals surface area (Å²) >= 11 is 0. The van der Waals surface area contributed by atoms with Gasteiger partial charge in [-0.25, -0.2) is 0 Å². The Morgan fingerprint density at radius 3 is 2.63 bits per heavy atom. The van der Waals surface area contributed by atoms with Crippen LogP contribution in [-0.4, -0.2) is 47.1 Å². The van der Waals surface area contributed by atoms with Gasteiger partial charge < -0.3 is 19.7 Å². The van der Waals surface area contributed by atoms with Gasteiger partial charge in [-0.2, -0.15) is 0 Å². The molecule has 2 amide bonds. The number of carbonyl (C=O) groups is 2. The Bertz CT molecular complexity index is 855. The van der Waals surface area contributed by atoms with Gasteiger partial charge in [0, 0.05) is 30.0 Å². The topological polar surface area (TPSA) is 82.8 Å². The molecule has 0 bridgehead atoms. The van der Waals surface area contributed by atoms with Crippen molar-refractivity contribution in [1.82, 2.24) is 10.2 Å². The Morgan fingerprint density at radius 1 is 1.22 bits per heavy atom. The Balaban J connectivity index is 1.76. The Morgan fingerprint density at radius 2 is 1.93 bits per heavy atom. The highest BCUT2D eigenvalue weighted by atomic mass is 16.3. The van der Waals surface area contributed by atoms with Gasteiger partial charge in [-0.05, 0) is 38.3 Å². The normalized spacial score (nSPS) is 20.7. The lowest BCUT2D eigenvalue weighted by Gasteiger charge is -2.22. The molecule has 0 radical (unpaired) electrons. The molecule has 0 aliphatic carbocycles. The third-order valence-electron chi connectivity index (χ3n) is 5.30. The van der Waals surface area contributed by atoms with E-state index in [1.54, 1.807) is 4.90 Å². The van der Waals surface area contributed by atoms with Crippen molar-refractivity contribution in [2.45, 2.75) is 52.7 Å². The fraction of sp³-hybridized carbons (Fsp3) is 0.524. The van der Waals surface area contributed by atoms with Crippen molar-refractivity contribution in [1.29, 1.82) is 0 Å². The summed E-state index contributed by atoms with van der Waals surface area (Å²) in [5, 5.41) is 14.2. The van der Waals surface area contributed by atoms with Gasteiger partial charge in [-0.1, -0.05) is 26.0 Å². The molecule has 1 fully saturated rings. The standard InChI is InChI=1S/C21H28N2O4/c1-12(2)20(25)22-16-7-9-23(10-8-17(16)24)21(26)19-14(4)15-6-5-13(3)11-18(15)27-19/h5-6,11-12,16-17,24H,7-10H2,1-4H3,(H,22,25)/t16-,17-/m0/s1. The third-order valence-corrected chi connectivity index (χ3v) is 5.30. The lowest BCUT2D eigenvalue weighted by atomic mass is 10.1. The van der Waals surface area contributed by atoms with Crippen LogP contribution in [0.5, 0.6) is 0 Å². The van der Waals surface area contributed by atoms with Crippen molar-refractivity contribution in [3.63, 3.8) is 0 Å². The van der Waals surface area contributed by atoms with E-state index in [-0.39, 0.29) is 23.8 Å². The minimum absolute atomic E-state index is 0.0812. The SMILES string of the molecule is Cc1ccc2c(C)c(C(=O)N3CC[C@H](NC(=O)C(C)C)[C@@H](O)CC3)oc2c1. The minimum atomic E-state index is -0.662. The minimum Gasteiger partial charge on any atom is -0.451 e. The summed E-state index contributed by atoms with van der Waals surface area (Å²) in [6.07, 6.45) is 0.279. The summed E-state index contributed by atoms with van der Waals surface area (Å²) in [5.41, 5.74) is 2.63. The van der Waals surface area contributed by atoms with Gasteiger partial charge in [0.1, 0.15) is 5.58 Å². The van der Waals surface area contributed by atoms with Gasteiger partial charge >= 0.3 is 0 Å². The largest absolute Gasteiger partial charge is 0.451 e. The van der Waals surface area contributed by atoms with Crippen molar-refractivity contribution >= 4 is 22.8 Å². The average Bonchev–Trinajstić information content (AvgIpc) is 2.83. The van der Waals surface area contributed by atoms with Crippen LogP contribution in [0.3, 0.4) is 0 Å². The van der Waals surface area contributed by atoms with E-state index in [9.17, 15) is 14.7 Å². The van der Waals surface area contributed by atoms with Gasteiger partial charge in [0.25, 0.3) is 5.91 Å². The number of nitrogens with zero attached hydrogens (tertiary/aromatic N) is 1. The zero-order valence-corrected chi connectivity index (χ0v) is 16.4. The van der Waals surface area contributed by atoms with Gasteiger partial charge in [-0.3, -0.25) is 9.59 Å². The number of fused-ring (bicyclic) bond motifs is 1. The van der Waals surface area contributed by atoms with E-state index in [0.29, 0.717) is 37.3 Å². The first-order valence-electron chi connectivity index (χ1n) is 9.55. The highest BCUT2D eigenvalue weighted by Crippen LogP contribution is 2.27. The highest BCUT2D eigenvalue weighted by molar-refractivity contribution is 5.99. The summed E-state index contributed by atoms with van der Waals surface area (Å²) in [6, 6.07) is 5.58. The number of rotatable bonds is 3. The van der Waals surface area contributed by atoms with E-state index in [1.807, 2.05) is 45.9 Å². The smallest absolute Gasteiger partial charge is 0.289 e. The van der Waals surface area contributed by atoms with E-state index in [2.05, 4.69) is 5.32 Å². The molecule has 1 saturated heterocycles. The van der Waals surface area contributed by atoms with E-state index in [1.165, 1.54) is 0 Å². The molecule has 6 heteroatoms. The molecule has 1 aromatic heterocycles. The van der Waals surface area contributed by atoms with Crippen LogP contribution in [0.25, 0.3) is 11.0 Å². The number of aliphatic hydroxyl groups excluding tert-OH is 1. The van der Waals surface area contributed by atoms with Crippen LogP contribution in [-0.2, 0) is 4.79 Å². The van der Waals surface area contributed by atoms with Gasteiger partial charge in [0.05, 0.1) is 12.1 Å². The second-order valence-corrected chi connectivity index (χ2v) is 7.76. The van der Waals surface area contributed by atoms with Crippen molar-refractivity contribution in [2.75, 3.05) is 13.1 Å². The molecule has 0 spiro atoms. The van der Waals surface area contributed by atoms with Crippen LogP contribution in [0, 0.1) is 19.8 Å². The number of benzene rings is 1. The summed E-state index contributed by atoms with van der Waals surface area (Å²) in [6.45, 7) is 8.42. The molecule has 1 aromatic carbocycles. The summed E-state index contributed by atoms with van der Waals surface area (Å²) in [4.78, 5) is 26.7. The number of furan rings is 1. The summed E-state index contributed by atoms with van der Waals surface area (Å²) in [5.74, 6) is -0.0266. The van der Waals surface area contributed by atoms with E-state index < -0.39 is 6.10 Å². The second kappa shape index (κ2) is 7.72. The molecule has 6 nitrogen and oxygen atoms in total. The number of likely N-dealkylation sites (tertiary alicyclic amines) is 1. The fourth-order valence-electron chi connectivity index (χ4n) is 3.49. The highest BCUT2D eigenvalue weighted by Gasteiger charge is 2.30. The molecule has 3 rings (SSSR count). The molecule has 2 heterocycles. The third kappa shape index (κ3) is 4.00. The first kappa shape index (κ1) is 19.4. The maximum Gasteiger partial charge on any atom is 0.289 e. The molecule has 0 saturated carbocycles. The number of amides is 2. The average molecular weight is 372 g/mol.